The van der Waals surface area contributed by atoms with Crippen molar-refractivity contribution >= 4 is 15.7 Å². The number of sulfonamides is 1. The predicted octanol–water partition coefficient (Wildman–Crippen LogP) is 0.388. The maximum Gasteiger partial charge on any atom is 0.281 e. The second kappa shape index (κ2) is 3.66. The highest BCUT2D eigenvalue weighted by Gasteiger charge is 2.27. The first kappa shape index (κ1) is 11.7. The van der Waals surface area contributed by atoms with Gasteiger partial charge >= 0.3 is 0 Å². The summed E-state index contributed by atoms with van der Waals surface area (Å²) in [5, 5.41) is 4.57. The monoisotopic (exact) mass is 241 g/mol. The molecule has 0 amide bonds. The Labute approximate surface area is 83.0 Å². The van der Waals surface area contributed by atoms with E-state index in [1.54, 1.807) is 0 Å². The molecule has 0 aliphatic heterocycles. The SMILES string of the molecule is Nc1cnc(C(F)F)c(S(N)(=O)=O)c1F. The third kappa shape index (κ3) is 2.18. The molecule has 5 nitrogen and oxygen atoms in total. The topological polar surface area (TPSA) is 99.1 Å². The smallest absolute Gasteiger partial charge is 0.281 e. The van der Waals surface area contributed by atoms with Gasteiger partial charge in [0.2, 0.25) is 10.0 Å². The highest BCUT2D eigenvalue weighted by atomic mass is 32.2. The number of hydrogen-bond donors (Lipinski definition) is 2. The van der Waals surface area contributed by atoms with E-state index < -0.39 is 38.5 Å². The normalized spacial score (nSPS) is 12.1. The lowest BCUT2D eigenvalue weighted by Gasteiger charge is -2.08. The first-order valence-electron chi connectivity index (χ1n) is 3.50. The molecule has 0 atom stereocenters. The quantitative estimate of drug-likeness (QED) is 0.782. The van der Waals surface area contributed by atoms with Crippen LogP contribution in [0.4, 0.5) is 18.9 Å². The minimum atomic E-state index is -4.63. The summed E-state index contributed by atoms with van der Waals surface area (Å²) >= 11 is 0. The van der Waals surface area contributed by atoms with E-state index in [4.69, 9.17) is 5.73 Å². The summed E-state index contributed by atoms with van der Waals surface area (Å²) in [6, 6.07) is 0. The molecule has 0 fully saturated rings. The molecule has 1 heterocycles. The van der Waals surface area contributed by atoms with Crippen molar-refractivity contribution in [2.75, 3.05) is 5.73 Å². The number of aromatic nitrogens is 1. The second-order valence-corrected chi connectivity index (χ2v) is 4.09. The zero-order chi connectivity index (χ0) is 11.8. The van der Waals surface area contributed by atoms with Crippen LogP contribution in [-0.4, -0.2) is 13.4 Å². The van der Waals surface area contributed by atoms with Gasteiger partial charge in [0.15, 0.2) is 5.82 Å². The number of nitrogens with zero attached hydrogens (tertiary/aromatic N) is 1. The van der Waals surface area contributed by atoms with Crippen LogP contribution in [0.5, 0.6) is 0 Å². The Morgan fingerprint density at radius 1 is 1.40 bits per heavy atom. The van der Waals surface area contributed by atoms with Crippen LogP contribution in [0.25, 0.3) is 0 Å². The number of rotatable bonds is 2. The average molecular weight is 241 g/mol. The van der Waals surface area contributed by atoms with E-state index in [1.165, 1.54) is 0 Å². The van der Waals surface area contributed by atoms with E-state index >= 15 is 0 Å². The number of halogens is 3. The van der Waals surface area contributed by atoms with Gasteiger partial charge in [0.1, 0.15) is 10.6 Å². The zero-order valence-corrected chi connectivity index (χ0v) is 7.93. The molecule has 0 saturated carbocycles. The summed E-state index contributed by atoms with van der Waals surface area (Å²) in [5.41, 5.74) is 3.07. The Morgan fingerprint density at radius 3 is 2.33 bits per heavy atom. The molecule has 9 heteroatoms. The minimum Gasteiger partial charge on any atom is -0.395 e. The summed E-state index contributed by atoms with van der Waals surface area (Å²) in [5.74, 6) is -1.51. The van der Waals surface area contributed by atoms with Gasteiger partial charge in [-0.05, 0) is 0 Å². The molecule has 1 aromatic heterocycles. The van der Waals surface area contributed by atoms with Crippen LogP contribution in [0.15, 0.2) is 11.1 Å². The van der Waals surface area contributed by atoms with Crippen molar-refractivity contribution in [1.82, 2.24) is 4.98 Å². The van der Waals surface area contributed by atoms with Gasteiger partial charge in [0.25, 0.3) is 6.43 Å². The van der Waals surface area contributed by atoms with Gasteiger partial charge in [-0.25, -0.2) is 26.7 Å². The fourth-order valence-electron chi connectivity index (χ4n) is 0.924. The first-order chi connectivity index (χ1) is 6.75. The number of hydrogen-bond acceptors (Lipinski definition) is 4. The highest BCUT2D eigenvalue weighted by molar-refractivity contribution is 7.89. The Morgan fingerprint density at radius 2 is 1.93 bits per heavy atom. The van der Waals surface area contributed by atoms with E-state index in [0.717, 1.165) is 0 Å². The van der Waals surface area contributed by atoms with Crippen molar-refractivity contribution in [3.8, 4) is 0 Å². The Bertz CT molecular complexity index is 489. The number of nitrogens with two attached hydrogens (primary N) is 2. The van der Waals surface area contributed by atoms with E-state index in [0.29, 0.717) is 6.20 Å². The van der Waals surface area contributed by atoms with Crippen molar-refractivity contribution in [2.45, 2.75) is 11.3 Å². The standard InChI is InChI=1S/C6H6F3N3O2S/c7-3-2(10)1-12-4(6(8)9)5(3)15(11,13)14/h1,6H,10H2,(H2,11,13,14). The zero-order valence-electron chi connectivity index (χ0n) is 7.12. The van der Waals surface area contributed by atoms with Crippen LogP contribution in [0.2, 0.25) is 0 Å². The molecule has 4 N–H and O–H groups in total. The lowest BCUT2D eigenvalue weighted by molar-refractivity contribution is 0.141. The van der Waals surface area contributed by atoms with Crippen LogP contribution in [0.3, 0.4) is 0 Å². The van der Waals surface area contributed by atoms with Gasteiger partial charge in [-0.1, -0.05) is 0 Å². The Kier molecular flexibility index (Phi) is 2.86. The lowest BCUT2D eigenvalue weighted by atomic mass is 10.3. The highest BCUT2D eigenvalue weighted by Crippen LogP contribution is 2.28. The van der Waals surface area contributed by atoms with Gasteiger partial charge in [0, 0.05) is 0 Å². The molecule has 0 aliphatic rings. The molecule has 0 aromatic carbocycles. The molecule has 0 bridgehead atoms. The number of primary sulfonamides is 1. The Hall–Kier alpha value is -1.35. The first-order valence-corrected chi connectivity index (χ1v) is 5.04. The molecule has 84 valence electrons. The number of nitrogen functional groups attached to an aromatic ring is 1. The van der Waals surface area contributed by atoms with Crippen molar-refractivity contribution in [2.24, 2.45) is 5.14 Å². The van der Waals surface area contributed by atoms with Crippen LogP contribution in [0.1, 0.15) is 12.1 Å². The molecule has 0 saturated heterocycles. The van der Waals surface area contributed by atoms with Crippen LogP contribution >= 0.6 is 0 Å². The van der Waals surface area contributed by atoms with Crippen LogP contribution in [-0.2, 0) is 10.0 Å². The van der Waals surface area contributed by atoms with Gasteiger partial charge < -0.3 is 5.73 Å². The van der Waals surface area contributed by atoms with Crippen molar-refractivity contribution in [3.05, 3.63) is 17.7 Å². The summed E-state index contributed by atoms with van der Waals surface area (Å²) in [6.07, 6.45) is -2.65. The van der Waals surface area contributed by atoms with Crippen molar-refractivity contribution < 1.29 is 21.6 Å². The summed E-state index contributed by atoms with van der Waals surface area (Å²) in [4.78, 5) is 1.67. The van der Waals surface area contributed by atoms with E-state index in [2.05, 4.69) is 10.1 Å². The molecular weight excluding hydrogens is 235 g/mol. The van der Waals surface area contributed by atoms with Crippen molar-refractivity contribution in [3.63, 3.8) is 0 Å². The summed E-state index contributed by atoms with van der Waals surface area (Å²) in [7, 11) is -4.63. The van der Waals surface area contributed by atoms with E-state index in [1.807, 2.05) is 0 Å². The molecule has 1 aromatic rings. The van der Waals surface area contributed by atoms with E-state index in [9.17, 15) is 21.6 Å². The summed E-state index contributed by atoms with van der Waals surface area (Å²) < 4.78 is 59.4. The molecule has 0 unspecified atom stereocenters. The molecule has 0 spiro atoms. The summed E-state index contributed by atoms with van der Waals surface area (Å²) in [6.45, 7) is 0. The maximum atomic E-state index is 13.2. The fraction of sp³-hybridized carbons (Fsp3) is 0.167. The van der Waals surface area contributed by atoms with Crippen LogP contribution in [0, 0.1) is 5.82 Å². The molecule has 0 aliphatic carbocycles. The lowest BCUT2D eigenvalue weighted by Crippen LogP contribution is -2.19. The second-order valence-electron chi connectivity index (χ2n) is 2.59. The van der Waals surface area contributed by atoms with Gasteiger partial charge in [-0.15, -0.1) is 0 Å². The van der Waals surface area contributed by atoms with E-state index in [-0.39, 0.29) is 0 Å². The predicted molar refractivity (Wildman–Crippen MR) is 44.9 cm³/mol. The maximum absolute atomic E-state index is 13.2. The van der Waals surface area contributed by atoms with Crippen LogP contribution < -0.4 is 10.9 Å². The third-order valence-electron chi connectivity index (χ3n) is 1.52. The number of alkyl halides is 2. The third-order valence-corrected chi connectivity index (χ3v) is 2.48. The van der Waals surface area contributed by atoms with Gasteiger partial charge in [0.05, 0.1) is 11.9 Å². The average Bonchev–Trinajstić information content (AvgIpc) is 2.06. The van der Waals surface area contributed by atoms with Gasteiger partial charge in [-0.3, -0.25) is 4.98 Å². The number of anilines is 1. The fourth-order valence-corrected chi connectivity index (χ4v) is 1.72. The molecule has 1 rings (SSSR count). The van der Waals surface area contributed by atoms with Crippen molar-refractivity contribution in [1.29, 1.82) is 0 Å². The van der Waals surface area contributed by atoms with Gasteiger partial charge in [-0.2, -0.15) is 0 Å². The minimum absolute atomic E-state index is 0.603. The molecule has 15 heavy (non-hydrogen) atoms. The molecule has 0 radical (unpaired) electrons. The molecular formula is C6H6F3N3O2S. The largest absolute Gasteiger partial charge is 0.395 e. The number of pyridine rings is 1. The Balaban J connectivity index is 3.65.